The number of piperidine rings is 1. The average molecular weight is 281 g/mol. The summed E-state index contributed by atoms with van der Waals surface area (Å²) in [6.07, 6.45) is 0.870. The Kier molecular flexibility index (Phi) is 4.10. The van der Waals surface area contributed by atoms with E-state index in [2.05, 4.69) is 24.5 Å². The molecule has 1 aromatic carbocycles. The van der Waals surface area contributed by atoms with E-state index in [4.69, 9.17) is 11.6 Å². The molecule has 0 spiro atoms. The van der Waals surface area contributed by atoms with Gasteiger partial charge in [-0.3, -0.25) is 14.9 Å². The molecule has 1 saturated heterocycles. The maximum Gasteiger partial charge on any atom is 0.249 e. The number of halogens is 1. The van der Waals surface area contributed by atoms with E-state index in [0.29, 0.717) is 23.8 Å². The number of amides is 2. The summed E-state index contributed by atoms with van der Waals surface area (Å²) < 4.78 is 0. The Bertz CT molecular complexity index is 514. The standard InChI is InChI=1S/C14H17ClN2O2/c1-8(2)10-4-3-9(7-11(10)15)16-12-5-6-13(18)17-14(12)19/h3-4,7-8,12,16H,5-6H2,1-2H3,(H,17,18,19)/t12-/m0/s1. The van der Waals surface area contributed by atoms with E-state index in [0.717, 1.165) is 11.3 Å². The Morgan fingerprint density at radius 2 is 2.11 bits per heavy atom. The number of carbonyl (C=O) groups excluding carboxylic acids is 2. The molecule has 0 unspecified atom stereocenters. The van der Waals surface area contributed by atoms with Crippen molar-refractivity contribution in [2.75, 3.05) is 5.32 Å². The molecule has 1 aliphatic heterocycles. The van der Waals surface area contributed by atoms with Crippen LogP contribution in [0.4, 0.5) is 5.69 Å². The lowest BCUT2D eigenvalue weighted by molar-refractivity contribution is -0.133. The van der Waals surface area contributed by atoms with Gasteiger partial charge in [0.05, 0.1) is 0 Å². The van der Waals surface area contributed by atoms with Crippen molar-refractivity contribution in [1.82, 2.24) is 5.32 Å². The lowest BCUT2D eigenvalue weighted by atomic mass is 10.0. The summed E-state index contributed by atoms with van der Waals surface area (Å²) in [5, 5.41) is 6.12. The number of hydrogen-bond acceptors (Lipinski definition) is 3. The summed E-state index contributed by atoms with van der Waals surface area (Å²) in [6.45, 7) is 4.16. The normalized spacial score (nSPS) is 19.5. The third-order valence-corrected chi connectivity index (χ3v) is 3.53. The minimum atomic E-state index is -0.376. The molecule has 2 rings (SSSR count). The molecule has 5 heteroatoms. The number of benzene rings is 1. The van der Waals surface area contributed by atoms with E-state index >= 15 is 0 Å². The molecule has 1 heterocycles. The van der Waals surface area contributed by atoms with Crippen LogP contribution in [0.1, 0.15) is 38.2 Å². The fourth-order valence-corrected chi connectivity index (χ4v) is 2.52. The molecule has 0 aliphatic carbocycles. The zero-order valence-electron chi connectivity index (χ0n) is 11.0. The van der Waals surface area contributed by atoms with Gasteiger partial charge >= 0.3 is 0 Å². The molecule has 0 radical (unpaired) electrons. The first-order valence-corrected chi connectivity index (χ1v) is 6.75. The summed E-state index contributed by atoms with van der Waals surface area (Å²) >= 11 is 6.21. The SMILES string of the molecule is CC(C)c1ccc(N[C@H]2CCC(=O)NC2=O)cc1Cl. The van der Waals surface area contributed by atoms with E-state index in [1.54, 1.807) is 0 Å². The van der Waals surface area contributed by atoms with Gasteiger partial charge in [-0.25, -0.2) is 0 Å². The molecule has 0 aromatic heterocycles. The molecule has 1 aliphatic rings. The zero-order chi connectivity index (χ0) is 14.0. The van der Waals surface area contributed by atoms with Crippen molar-refractivity contribution < 1.29 is 9.59 Å². The second-order valence-electron chi connectivity index (χ2n) is 5.04. The van der Waals surface area contributed by atoms with E-state index in [-0.39, 0.29) is 17.9 Å². The molecule has 2 amide bonds. The van der Waals surface area contributed by atoms with Gasteiger partial charge in [-0.1, -0.05) is 31.5 Å². The van der Waals surface area contributed by atoms with Gasteiger partial charge in [0.2, 0.25) is 11.8 Å². The molecule has 19 heavy (non-hydrogen) atoms. The highest BCUT2D eigenvalue weighted by Crippen LogP contribution is 2.27. The van der Waals surface area contributed by atoms with Gasteiger partial charge in [-0.05, 0) is 30.0 Å². The summed E-state index contributed by atoms with van der Waals surface area (Å²) in [5.74, 6) is -0.131. The molecule has 0 bridgehead atoms. The van der Waals surface area contributed by atoms with Crippen LogP contribution in [0.2, 0.25) is 5.02 Å². The van der Waals surface area contributed by atoms with Crippen LogP contribution in [-0.4, -0.2) is 17.9 Å². The van der Waals surface area contributed by atoms with Crippen molar-refractivity contribution >= 4 is 29.1 Å². The Labute approximate surface area is 117 Å². The highest BCUT2D eigenvalue weighted by atomic mass is 35.5. The Hall–Kier alpha value is -1.55. The lowest BCUT2D eigenvalue weighted by Gasteiger charge is -2.23. The highest BCUT2D eigenvalue weighted by Gasteiger charge is 2.26. The summed E-state index contributed by atoms with van der Waals surface area (Å²) in [7, 11) is 0. The van der Waals surface area contributed by atoms with Crippen LogP contribution in [-0.2, 0) is 9.59 Å². The van der Waals surface area contributed by atoms with Crippen molar-refractivity contribution in [3.05, 3.63) is 28.8 Å². The van der Waals surface area contributed by atoms with Crippen molar-refractivity contribution in [1.29, 1.82) is 0 Å². The van der Waals surface area contributed by atoms with Crippen LogP contribution < -0.4 is 10.6 Å². The van der Waals surface area contributed by atoms with Gasteiger partial charge in [-0.2, -0.15) is 0 Å². The largest absolute Gasteiger partial charge is 0.374 e. The monoisotopic (exact) mass is 280 g/mol. The Morgan fingerprint density at radius 1 is 1.37 bits per heavy atom. The maximum atomic E-state index is 11.6. The number of rotatable bonds is 3. The van der Waals surface area contributed by atoms with Crippen LogP contribution in [0, 0.1) is 0 Å². The van der Waals surface area contributed by atoms with E-state index in [9.17, 15) is 9.59 Å². The van der Waals surface area contributed by atoms with Gasteiger partial charge < -0.3 is 5.32 Å². The molecular weight excluding hydrogens is 264 g/mol. The highest BCUT2D eigenvalue weighted by molar-refractivity contribution is 6.31. The first-order chi connectivity index (χ1) is 8.97. The van der Waals surface area contributed by atoms with Crippen molar-refractivity contribution in [3.63, 3.8) is 0 Å². The molecule has 1 fully saturated rings. The van der Waals surface area contributed by atoms with Crippen molar-refractivity contribution in [3.8, 4) is 0 Å². The number of hydrogen-bond donors (Lipinski definition) is 2. The number of imide groups is 1. The Balaban J connectivity index is 2.09. The smallest absolute Gasteiger partial charge is 0.249 e. The number of carbonyl (C=O) groups is 2. The quantitative estimate of drug-likeness (QED) is 0.837. The first-order valence-electron chi connectivity index (χ1n) is 6.37. The van der Waals surface area contributed by atoms with Crippen LogP contribution >= 0.6 is 11.6 Å². The molecule has 2 N–H and O–H groups in total. The predicted molar refractivity (Wildman–Crippen MR) is 75.3 cm³/mol. The average Bonchev–Trinajstić information content (AvgIpc) is 2.32. The molecule has 1 aromatic rings. The van der Waals surface area contributed by atoms with Gasteiger partial charge in [-0.15, -0.1) is 0 Å². The fraction of sp³-hybridized carbons (Fsp3) is 0.429. The predicted octanol–water partition coefficient (Wildman–Crippen LogP) is 2.68. The van der Waals surface area contributed by atoms with Crippen molar-refractivity contribution in [2.24, 2.45) is 0 Å². The minimum Gasteiger partial charge on any atom is -0.374 e. The van der Waals surface area contributed by atoms with Crippen LogP contribution in [0.15, 0.2) is 18.2 Å². The molecule has 0 saturated carbocycles. The van der Waals surface area contributed by atoms with E-state index in [1.807, 2.05) is 18.2 Å². The summed E-state index contributed by atoms with van der Waals surface area (Å²) in [5.41, 5.74) is 1.87. The number of nitrogens with one attached hydrogen (secondary N) is 2. The summed E-state index contributed by atoms with van der Waals surface area (Å²) in [4.78, 5) is 22.7. The van der Waals surface area contributed by atoms with Crippen LogP contribution in [0.5, 0.6) is 0 Å². The first kappa shape index (κ1) is 13.9. The van der Waals surface area contributed by atoms with Crippen molar-refractivity contribution in [2.45, 2.75) is 38.6 Å². The minimum absolute atomic E-state index is 0.212. The van der Waals surface area contributed by atoms with Crippen LogP contribution in [0.25, 0.3) is 0 Å². The molecule has 4 nitrogen and oxygen atoms in total. The van der Waals surface area contributed by atoms with E-state index < -0.39 is 0 Å². The second-order valence-corrected chi connectivity index (χ2v) is 5.45. The molecule has 1 atom stereocenters. The Morgan fingerprint density at radius 3 is 2.68 bits per heavy atom. The van der Waals surface area contributed by atoms with E-state index in [1.165, 1.54) is 0 Å². The van der Waals surface area contributed by atoms with Crippen LogP contribution in [0.3, 0.4) is 0 Å². The molecule has 102 valence electrons. The molecular formula is C14H17ClN2O2. The third-order valence-electron chi connectivity index (χ3n) is 3.20. The fourth-order valence-electron chi connectivity index (χ4n) is 2.12. The topological polar surface area (TPSA) is 58.2 Å². The van der Waals surface area contributed by atoms with Gasteiger partial charge in [0, 0.05) is 17.1 Å². The van der Waals surface area contributed by atoms with Gasteiger partial charge in [0.25, 0.3) is 0 Å². The van der Waals surface area contributed by atoms with Gasteiger partial charge in [0.15, 0.2) is 0 Å². The van der Waals surface area contributed by atoms with Gasteiger partial charge in [0.1, 0.15) is 6.04 Å². The third kappa shape index (κ3) is 3.26. The zero-order valence-corrected chi connectivity index (χ0v) is 11.8. The lowest BCUT2D eigenvalue weighted by Crippen LogP contribution is -2.47. The number of anilines is 1. The maximum absolute atomic E-state index is 11.6. The summed E-state index contributed by atoms with van der Waals surface area (Å²) in [6, 6.07) is 5.31. The second kappa shape index (κ2) is 5.61.